The smallest absolute Gasteiger partial charge is 0.254 e. The van der Waals surface area contributed by atoms with Crippen LogP contribution in [0, 0.1) is 5.82 Å². The third-order valence-electron chi connectivity index (χ3n) is 5.33. The first-order valence-corrected chi connectivity index (χ1v) is 11.3. The number of nitrogens with zero attached hydrogens (tertiary/aromatic N) is 1. The van der Waals surface area contributed by atoms with E-state index in [4.69, 9.17) is 14.2 Å². The molecule has 194 valence electrons. The second kappa shape index (κ2) is 12.9. The standard InChI is InChI=1S/C27H28FN3O6/c1-35-22-10-8-21(9-11-22)30-25(32)15-29-26(33)17-31(16-18-4-6-20(28)7-5-18)27(34)19-12-23(36-2)14-24(13-19)37-3/h4-14H,15-17H2,1-3H3,(H,29,33)(H,30,32). The Balaban J connectivity index is 1.70. The molecule has 10 heteroatoms. The molecule has 0 radical (unpaired) electrons. The number of hydrogen-bond acceptors (Lipinski definition) is 6. The number of halogens is 1. The molecular formula is C27H28FN3O6. The second-order valence-corrected chi connectivity index (χ2v) is 7.94. The number of carbonyl (C=O) groups is 3. The van der Waals surface area contributed by atoms with E-state index in [-0.39, 0.29) is 25.2 Å². The van der Waals surface area contributed by atoms with Gasteiger partial charge in [0.05, 0.1) is 27.9 Å². The van der Waals surface area contributed by atoms with Crippen molar-refractivity contribution < 1.29 is 33.0 Å². The van der Waals surface area contributed by atoms with E-state index in [1.54, 1.807) is 30.3 Å². The summed E-state index contributed by atoms with van der Waals surface area (Å²) in [4.78, 5) is 39.7. The lowest BCUT2D eigenvalue weighted by molar-refractivity contribution is -0.124. The van der Waals surface area contributed by atoms with E-state index in [0.29, 0.717) is 28.5 Å². The maximum Gasteiger partial charge on any atom is 0.254 e. The lowest BCUT2D eigenvalue weighted by atomic mass is 10.1. The van der Waals surface area contributed by atoms with Crippen molar-refractivity contribution in [2.45, 2.75) is 6.54 Å². The summed E-state index contributed by atoms with van der Waals surface area (Å²) in [6.07, 6.45) is 0. The topological polar surface area (TPSA) is 106 Å². The zero-order valence-corrected chi connectivity index (χ0v) is 20.7. The molecule has 0 aliphatic rings. The van der Waals surface area contributed by atoms with Crippen LogP contribution in [0.4, 0.5) is 10.1 Å². The summed E-state index contributed by atoms with van der Waals surface area (Å²) in [5.41, 5.74) is 1.40. The highest BCUT2D eigenvalue weighted by molar-refractivity contribution is 5.98. The average molecular weight is 510 g/mol. The molecule has 0 aliphatic heterocycles. The van der Waals surface area contributed by atoms with Gasteiger partial charge in [0.15, 0.2) is 0 Å². The van der Waals surface area contributed by atoms with Crippen LogP contribution in [0.5, 0.6) is 17.2 Å². The number of hydrogen-bond donors (Lipinski definition) is 2. The van der Waals surface area contributed by atoms with Crippen molar-refractivity contribution in [3.8, 4) is 17.2 Å². The van der Waals surface area contributed by atoms with Crippen molar-refractivity contribution in [1.29, 1.82) is 0 Å². The molecule has 2 N–H and O–H groups in total. The molecule has 0 spiro atoms. The normalized spacial score (nSPS) is 10.3. The Labute approximate surface area is 214 Å². The van der Waals surface area contributed by atoms with Gasteiger partial charge in [0.25, 0.3) is 5.91 Å². The minimum absolute atomic E-state index is 0.0318. The lowest BCUT2D eigenvalue weighted by Gasteiger charge is -2.23. The first kappa shape index (κ1) is 27.0. The monoisotopic (exact) mass is 509 g/mol. The minimum Gasteiger partial charge on any atom is -0.497 e. The largest absolute Gasteiger partial charge is 0.497 e. The van der Waals surface area contributed by atoms with Gasteiger partial charge in [-0.3, -0.25) is 14.4 Å². The summed E-state index contributed by atoms with van der Waals surface area (Å²) in [5, 5.41) is 5.19. The maximum absolute atomic E-state index is 13.4. The van der Waals surface area contributed by atoms with Crippen molar-refractivity contribution in [3.05, 3.63) is 83.7 Å². The number of ether oxygens (including phenoxy) is 3. The number of amides is 3. The molecule has 3 aromatic rings. The Morgan fingerprint density at radius 2 is 1.38 bits per heavy atom. The number of rotatable bonds is 11. The van der Waals surface area contributed by atoms with Gasteiger partial charge < -0.3 is 29.7 Å². The van der Waals surface area contributed by atoms with Crippen molar-refractivity contribution in [3.63, 3.8) is 0 Å². The summed E-state index contributed by atoms with van der Waals surface area (Å²) >= 11 is 0. The van der Waals surface area contributed by atoms with E-state index < -0.39 is 23.5 Å². The highest BCUT2D eigenvalue weighted by Gasteiger charge is 2.21. The highest BCUT2D eigenvalue weighted by atomic mass is 19.1. The Kier molecular flexibility index (Phi) is 9.42. The first-order chi connectivity index (χ1) is 17.8. The zero-order chi connectivity index (χ0) is 26.8. The number of nitrogens with one attached hydrogen (secondary N) is 2. The maximum atomic E-state index is 13.4. The van der Waals surface area contributed by atoms with Crippen molar-refractivity contribution in [1.82, 2.24) is 10.2 Å². The SMILES string of the molecule is COc1ccc(NC(=O)CNC(=O)CN(Cc2ccc(F)cc2)C(=O)c2cc(OC)cc(OC)c2)cc1. The van der Waals surface area contributed by atoms with Gasteiger partial charge in [0, 0.05) is 23.9 Å². The van der Waals surface area contributed by atoms with Gasteiger partial charge in [0.1, 0.15) is 29.6 Å². The molecule has 0 bridgehead atoms. The van der Waals surface area contributed by atoms with Gasteiger partial charge in [-0.25, -0.2) is 4.39 Å². The van der Waals surface area contributed by atoms with Crippen LogP contribution in [-0.4, -0.2) is 57.0 Å². The van der Waals surface area contributed by atoms with E-state index in [0.717, 1.165) is 0 Å². The molecule has 0 unspecified atom stereocenters. The van der Waals surface area contributed by atoms with E-state index in [9.17, 15) is 18.8 Å². The number of benzene rings is 3. The van der Waals surface area contributed by atoms with Crippen molar-refractivity contribution in [2.24, 2.45) is 0 Å². The van der Waals surface area contributed by atoms with Gasteiger partial charge >= 0.3 is 0 Å². The minimum atomic E-state index is -0.546. The molecular weight excluding hydrogens is 481 g/mol. The number of carbonyl (C=O) groups excluding carboxylic acids is 3. The molecule has 3 aromatic carbocycles. The second-order valence-electron chi connectivity index (χ2n) is 7.94. The fourth-order valence-corrected chi connectivity index (χ4v) is 3.41. The van der Waals surface area contributed by atoms with Gasteiger partial charge in [0.2, 0.25) is 11.8 Å². The zero-order valence-electron chi connectivity index (χ0n) is 20.7. The Morgan fingerprint density at radius 1 is 0.784 bits per heavy atom. The van der Waals surface area contributed by atoms with E-state index >= 15 is 0 Å². The van der Waals surface area contributed by atoms with Crippen LogP contribution < -0.4 is 24.8 Å². The van der Waals surface area contributed by atoms with Crippen LogP contribution in [0.3, 0.4) is 0 Å². The van der Waals surface area contributed by atoms with Crippen LogP contribution in [0.1, 0.15) is 15.9 Å². The fraction of sp³-hybridized carbons (Fsp3) is 0.222. The lowest BCUT2D eigenvalue weighted by Crippen LogP contribution is -2.42. The van der Waals surface area contributed by atoms with E-state index in [1.165, 1.54) is 62.6 Å². The Bertz CT molecular complexity index is 1210. The predicted octanol–water partition coefficient (Wildman–Crippen LogP) is 3.25. The van der Waals surface area contributed by atoms with E-state index in [1.807, 2.05) is 0 Å². The Morgan fingerprint density at radius 3 is 1.95 bits per heavy atom. The summed E-state index contributed by atoms with van der Waals surface area (Å²) in [6, 6.07) is 17.0. The molecule has 3 rings (SSSR count). The van der Waals surface area contributed by atoms with Crippen molar-refractivity contribution >= 4 is 23.4 Å². The average Bonchev–Trinajstić information content (AvgIpc) is 2.92. The van der Waals surface area contributed by atoms with Gasteiger partial charge in [-0.15, -0.1) is 0 Å². The highest BCUT2D eigenvalue weighted by Crippen LogP contribution is 2.24. The third-order valence-corrected chi connectivity index (χ3v) is 5.33. The van der Waals surface area contributed by atoms with Crippen LogP contribution in [0.25, 0.3) is 0 Å². The number of methoxy groups -OCH3 is 3. The molecule has 0 fully saturated rings. The molecule has 0 aromatic heterocycles. The molecule has 9 nitrogen and oxygen atoms in total. The van der Waals surface area contributed by atoms with Crippen LogP contribution in [0.15, 0.2) is 66.7 Å². The molecule has 0 heterocycles. The van der Waals surface area contributed by atoms with Crippen molar-refractivity contribution in [2.75, 3.05) is 39.7 Å². The first-order valence-electron chi connectivity index (χ1n) is 11.3. The molecule has 37 heavy (non-hydrogen) atoms. The molecule has 0 aliphatic carbocycles. The third kappa shape index (κ3) is 7.96. The molecule has 0 saturated heterocycles. The summed E-state index contributed by atoms with van der Waals surface area (Å²) in [7, 11) is 4.46. The van der Waals surface area contributed by atoms with Gasteiger partial charge in [-0.2, -0.15) is 0 Å². The number of anilines is 1. The van der Waals surface area contributed by atoms with Gasteiger partial charge in [-0.1, -0.05) is 12.1 Å². The summed E-state index contributed by atoms with van der Waals surface area (Å²) in [6.45, 7) is -0.605. The predicted molar refractivity (Wildman–Crippen MR) is 135 cm³/mol. The van der Waals surface area contributed by atoms with Crippen LogP contribution in [0.2, 0.25) is 0 Å². The molecule has 0 saturated carbocycles. The van der Waals surface area contributed by atoms with Crippen LogP contribution >= 0.6 is 0 Å². The summed E-state index contributed by atoms with van der Waals surface area (Å²) < 4.78 is 28.9. The molecule has 0 atom stereocenters. The van der Waals surface area contributed by atoms with Gasteiger partial charge in [-0.05, 0) is 54.1 Å². The fourth-order valence-electron chi connectivity index (χ4n) is 3.41. The van der Waals surface area contributed by atoms with E-state index in [2.05, 4.69) is 10.6 Å². The van der Waals surface area contributed by atoms with Crippen LogP contribution in [-0.2, 0) is 16.1 Å². The quantitative estimate of drug-likeness (QED) is 0.411. The summed E-state index contributed by atoms with van der Waals surface area (Å²) in [5.74, 6) is -0.416. The Hall–Kier alpha value is -4.60. The molecule has 3 amide bonds.